The van der Waals surface area contributed by atoms with E-state index in [-0.39, 0.29) is 0 Å². The molecule has 0 fully saturated rings. The summed E-state index contributed by atoms with van der Waals surface area (Å²) in [5.41, 5.74) is 2.34. The van der Waals surface area contributed by atoms with Crippen LogP contribution in [0.4, 0.5) is 0 Å². The fraction of sp³-hybridized carbons (Fsp3) is 0.280. The van der Waals surface area contributed by atoms with Crippen LogP contribution < -0.4 is 0 Å². The Labute approximate surface area is 187 Å². The summed E-state index contributed by atoms with van der Waals surface area (Å²) in [4.78, 5) is 2.43. The van der Waals surface area contributed by atoms with Gasteiger partial charge in [-0.3, -0.25) is 4.90 Å². The molecule has 1 aliphatic rings. The summed E-state index contributed by atoms with van der Waals surface area (Å²) in [7, 11) is 0. The maximum absolute atomic E-state index is 6.12. The second kappa shape index (κ2) is 9.08. The van der Waals surface area contributed by atoms with Crippen molar-refractivity contribution in [3.05, 3.63) is 94.7 Å². The van der Waals surface area contributed by atoms with Crippen molar-refractivity contribution in [3.8, 4) is 11.3 Å². The van der Waals surface area contributed by atoms with E-state index in [4.69, 9.17) is 16.0 Å². The highest BCUT2D eigenvalue weighted by Gasteiger charge is 2.19. The van der Waals surface area contributed by atoms with Crippen molar-refractivity contribution in [1.29, 1.82) is 0 Å². The Morgan fingerprint density at radius 2 is 1.77 bits per heavy atom. The molecule has 6 heteroatoms. The molecule has 1 aliphatic heterocycles. The van der Waals surface area contributed by atoms with Gasteiger partial charge >= 0.3 is 0 Å². The van der Waals surface area contributed by atoms with Gasteiger partial charge in [0, 0.05) is 43.1 Å². The molecular weight excluding hydrogens is 408 g/mol. The fourth-order valence-corrected chi connectivity index (χ4v) is 4.34. The topological polar surface area (TPSA) is 47.1 Å². The zero-order valence-electron chi connectivity index (χ0n) is 17.4. The summed E-state index contributed by atoms with van der Waals surface area (Å²) in [5, 5.41) is 9.66. The summed E-state index contributed by atoms with van der Waals surface area (Å²) < 4.78 is 8.41. The number of fused-ring (bicyclic) bond motifs is 1. The van der Waals surface area contributed by atoms with Crippen molar-refractivity contribution in [2.24, 2.45) is 0 Å². The van der Waals surface area contributed by atoms with Gasteiger partial charge in [-0.2, -0.15) is 0 Å². The number of hydrogen-bond donors (Lipinski definition) is 0. The molecule has 0 atom stereocenters. The first-order valence-electron chi connectivity index (χ1n) is 10.8. The number of aromatic nitrogens is 3. The van der Waals surface area contributed by atoms with Crippen LogP contribution in [0.15, 0.2) is 71.1 Å². The smallest absolute Gasteiger partial charge is 0.134 e. The number of halogens is 1. The highest BCUT2D eigenvalue weighted by molar-refractivity contribution is 6.30. The lowest BCUT2D eigenvalue weighted by Crippen LogP contribution is -2.26. The zero-order chi connectivity index (χ0) is 21.0. The SMILES string of the molecule is Clc1cccc(-c2ccc(CN3CCc4nnc(CCc5ccccc5)n4CC3)o2)c1. The molecule has 0 N–H and O–H groups in total. The Kier molecular flexibility index (Phi) is 5.87. The molecule has 0 radical (unpaired) electrons. The van der Waals surface area contributed by atoms with Gasteiger partial charge in [0.05, 0.1) is 6.54 Å². The first-order valence-corrected chi connectivity index (χ1v) is 11.1. The minimum Gasteiger partial charge on any atom is -0.460 e. The normalized spacial score (nSPS) is 14.4. The average molecular weight is 433 g/mol. The van der Waals surface area contributed by atoms with Crippen LogP contribution in [0.2, 0.25) is 5.02 Å². The fourth-order valence-electron chi connectivity index (χ4n) is 4.15. The molecule has 0 saturated carbocycles. The van der Waals surface area contributed by atoms with Gasteiger partial charge in [0.25, 0.3) is 0 Å². The summed E-state index contributed by atoms with van der Waals surface area (Å²) >= 11 is 6.12. The van der Waals surface area contributed by atoms with Crippen LogP contribution in [0.1, 0.15) is 23.0 Å². The molecule has 0 saturated heterocycles. The van der Waals surface area contributed by atoms with Gasteiger partial charge in [-0.25, -0.2) is 0 Å². The molecule has 2 aromatic carbocycles. The van der Waals surface area contributed by atoms with Crippen LogP contribution >= 0.6 is 11.6 Å². The van der Waals surface area contributed by atoms with E-state index in [2.05, 4.69) is 56.1 Å². The standard InChI is InChI=1S/C25H25ClN4O/c26-21-8-4-7-20(17-21)23-11-10-22(31-23)18-29-14-13-25-28-27-24(30(25)16-15-29)12-9-19-5-2-1-3-6-19/h1-8,10-11,17H,9,12-16,18H2. The third-order valence-corrected chi connectivity index (χ3v) is 6.06. The van der Waals surface area contributed by atoms with Gasteiger partial charge in [-0.1, -0.05) is 54.1 Å². The predicted octanol–water partition coefficient (Wildman–Crippen LogP) is 5.04. The third-order valence-electron chi connectivity index (χ3n) is 5.83. The molecule has 0 unspecified atom stereocenters. The van der Waals surface area contributed by atoms with Crippen LogP contribution in [-0.2, 0) is 32.4 Å². The van der Waals surface area contributed by atoms with Crippen molar-refractivity contribution < 1.29 is 4.42 Å². The Bertz CT molecular complexity index is 1150. The predicted molar refractivity (Wildman–Crippen MR) is 122 cm³/mol. The van der Waals surface area contributed by atoms with Crippen LogP contribution in [0.5, 0.6) is 0 Å². The Morgan fingerprint density at radius 1 is 0.871 bits per heavy atom. The lowest BCUT2D eigenvalue weighted by molar-refractivity contribution is 0.249. The molecule has 31 heavy (non-hydrogen) atoms. The quantitative estimate of drug-likeness (QED) is 0.428. The van der Waals surface area contributed by atoms with Gasteiger partial charge < -0.3 is 8.98 Å². The minimum atomic E-state index is 0.717. The Balaban J connectivity index is 1.21. The molecule has 5 nitrogen and oxygen atoms in total. The molecule has 158 valence electrons. The lowest BCUT2D eigenvalue weighted by Gasteiger charge is -2.18. The van der Waals surface area contributed by atoms with E-state index < -0.39 is 0 Å². The number of aryl methyl sites for hydroxylation is 2. The highest BCUT2D eigenvalue weighted by Crippen LogP contribution is 2.25. The Morgan fingerprint density at radius 3 is 2.65 bits per heavy atom. The first-order chi connectivity index (χ1) is 15.2. The van der Waals surface area contributed by atoms with E-state index in [9.17, 15) is 0 Å². The monoisotopic (exact) mass is 432 g/mol. The van der Waals surface area contributed by atoms with Crippen molar-refractivity contribution in [2.45, 2.75) is 32.4 Å². The maximum Gasteiger partial charge on any atom is 0.134 e. The summed E-state index contributed by atoms with van der Waals surface area (Å²) in [6, 6.07) is 22.4. The molecule has 4 aromatic rings. The molecule has 2 aromatic heterocycles. The van der Waals surface area contributed by atoms with Gasteiger partial charge in [0.2, 0.25) is 0 Å². The van der Waals surface area contributed by atoms with Gasteiger partial charge in [-0.15, -0.1) is 10.2 Å². The molecule has 0 amide bonds. The summed E-state index contributed by atoms with van der Waals surface area (Å²) in [6.45, 7) is 3.60. The molecule has 5 rings (SSSR count). The second-order valence-electron chi connectivity index (χ2n) is 7.97. The van der Waals surface area contributed by atoms with E-state index in [0.717, 1.165) is 74.2 Å². The van der Waals surface area contributed by atoms with Crippen LogP contribution in [0.25, 0.3) is 11.3 Å². The minimum absolute atomic E-state index is 0.717. The second-order valence-corrected chi connectivity index (χ2v) is 8.41. The molecule has 0 bridgehead atoms. The van der Waals surface area contributed by atoms with E-state index in [0.29, 0.717) is 5.02 Å². The van der Waals surface area contributed by atoms with E-state index in [1.165, 1.54) is 5.56 Å². The average Bonchev–Trinajstić information content (AvgIpc) is 3.36. The van der Waals surface area contributed by atoms with Crippen molar-refractivity contribution in [1.82, 2.24) is 19.7 Å². The Hall–Kier alpha value is -2.89. The maximum atomic E-state index is 6.12. The third kappa shape index (κ3) is 4.73. The van der Waals surface area contributed by atoms with Crippen LogP contribution in [-0.4, -0.2) is 32.8 Å². The number of nitrogens with zero attached hydrogens (tertiary/aromatic N) is 4. The highest BCUT2D eigenvalue weighted by atomic mass is 35.5. The van der Waals surface area contributed by atoms with Gasteiger partial charge in [0.15, 0.2) is 0 Å². The van der Waals surface area contributed by atoms with Gasteiger partial charge in [0.1, 0.15) is 23.2 Å². The molecule has 0 spiro atoms. The van der Waals surface area contributed by atoms with Crippen molar-refractivity contribution in [3.63, 3.8) is 0 Å². The number of hydrogen-bond acceptors (Lipinski definition) is 4. The summed E-state index contributed by atoms with van der Waals surface area (Å²) in [5.74, 6) is 4.00. The van der Waals surface area contributed by atoms with Crippen molar-refractivity contribution >= 4 is 11.6 Å². The van der Waals surface area contributed by atoms with Crippen LogP contribution in [0.3, 0.4) is 0 Å². The van der Waals surface area contributed by atoms with E-state index in [1.807, 2.05) is 30.3 Å². The zero-order valence-corrected chi connectivity index (χ0v) is 18.1. The van der Waals surface area contributed by atoms with Crippen molar-refractivity contribution in [2.75, 3.05) is 13.1 Å². The number of furan rings is 1. The molecule has 3 heterocycles. The van der Waals surface area contributed by atoms with E-state index in [1.54, 1.807) is 0 Å². The molecular formula is C25H25ClN4O. The molecule has 0 aliphatic carbocycles. The van der Waals surface area contributed by atoms with Crippen LogP contribution in [0, 0.1) is 0 Å². The largest absolute Gasteiger partial charge is 0.460 e. The first kappa shape index (κ1) is 20.0. The lowest BCUT2D eigenvalue weighted by atomic mass is 10.1. The number of rotatable bonds is 6. The number of benzene rings is 2. The summed E-state index contributed by atoms with van der Waals surface area (Å²) in [6.07, 6.45) is 2.81. The van der Waals surface area contributed by atoms with Gasteiger partial charge in [-0.05, 0) is 36.2 Å². The van der Waals surface area contributed by atoms with E-state index >= 15 is 0 Å².